The van der Waals surface area contributed by atoms with Gasteiger partial charge in [-0.3, -0.25) is 9.13 Å². The molecule has 0 aliphatic carbocycles. The van der Waals surface area contributed by atoms with E-state index in [-0.39, 0.29) is 5.69 Å². The molecule has 0 saturated heterocycles. The molecule has 130 valence electrons. The molecule has 0 spiro atoms. The first-order valence-corrected chi connectivity index (χ1v) is 8.72. The average molecular weight is 328 g/mol. The molecule has 0 atom stereocenters. The number of allylic oxidation sites excluding steroid dienone is 2. The number of hydrogen-bond donors (Lipinski definition) is 0. The molecular formula is C20H28N2O2. The van der Waals surface area contributed by atoms with Crippen LogP contribution in [0.1, 0.15) is 37.9 Å². The van der Waals surface area contributed by atoms with Gasteiger partial charge in [0.05, 0.1) is 7.11 Å². The van der Waals surface area contributed by atoms with Crippen LogP contribution in [0.15, 0.2) is 47.4 Å². The first-order valence-electron chi connectivity index (χ1n) is 8.72. The molecule has 4 nitrogen and oxygen atoms in total. The Balaban J connectivity index is 2.03. The van der Waals surface area contributed by atoms with E-state index in [1.165, 1.54) is 5.56 Å². The molecule has 0 fully saturated rings. The zero-order valence-corrected chi connectivity index (χ0v) is 15.0. The molecule has 0 aliphatic heterocycles. The highest BCUT2D eigenvalue weighted by atomic mass is 16.5. The van der Waals surface area contributed by atoms with Crippen molar-refractivity contribution < 1.29 is 4.74 Å². The molecule has 24 heavy (non-hydrogen) atoms. The van der Waals surface area contributed by atoms with Crippen LogP contribution in [0.25, 0.3) is 0 Å². The predicted octanol–water partition coefficient (Wildman–Crippen LogP) is 3.82. The third-order valence-electron chi connectivity index (χ3n) is 4.17. The molecule has 2 rings (SSSR count). The standard InChI is InChI=1S/C20H28N2O2/c1-4-6-15-21-16-18(22(14-5-2)20(21)23)9-7-8-17-10-12-19(24-3)13-11-17/h4,6,10-13,16H,5,7-9,14-15H2,1-3H3/b6-4+. The maximum absolute atomic E-state index is 12.5. The fourth-order valence-electron chi connectivity index (χ4n) is 2.86. The molecule has 0 aliphatic rings. The number of aromatic nitrogens is 2. The number of rotatable bonds is 9. The van der Waals surface area contributed by atoms with Crippen molar-refractivity contribution >= 4 is 0 Å². The minimum atomic E-state index is 0.106. The van der Waals surface area contributed by atoms with Crippen LogP contribution in [0.5, 0.6) is 5.75 Å². The van der Waals surface area contributed by atoms with Gasteiger partial charge in [0.15, 0.2) is 0 Å². The molecule has 1 aromatic carbocycles. The molecule has 0 N–H and O–H groups in total. The minimum absolute atomic E-state index is 0.106. The fraction of sp³-hybridized carbons (Fsp3) is 0.450. The van der Waals surface area contributed by atoms with Gasteiger partial charge in [-0.1, -0.05) is 31.2 Å². The highest BCUT2D eigenvalue weighted by Crippen LogP contribution is 2.14. The van der Waals surface area contributed by atoms with Crippen LogP contribution < -0.4 is 10.4 Å². The number of methoxy groups -OCH3 is 1. The number of aryl methyl sites for hydroxylation is 2. The molecular weight excluding hydrogens is 300 g/mol. The van der Waals surface area contributed by atoms with Crippen LogP contribution in [-0.2, 0) is 25.9 Å². The summed E-state index contributed by atoms with van der Waals surface area (Å²) < 4.78 is 8.92. The number of nitrogens with zero attached hydrogens (tertiary/aromatic N) is 2. The molecule has 0 saturated carbocycles. The van der Waals surface area contributed by atoms with Crippen LogP contribution in [-0.4, -0.2) is 16.2 Å². The van der Waals surface area contributed by atoms with Crippen molar-refractivity contribution in [2.45, 2.75) is 52.6 Å². The van der Waals surface area contributed by atoms with Gasteiger partial charge < -0.3 is 4.74 Å². The summed E-state index contributed by atoms with van der Waals surface area (Å²) in [7, 11) is 1.68. The van der Waals surface area contributed by atoms with Gasteiger partial charge in [-0.15, -0.1) is 0 Å². The van der Waals surface area contributed by atoms with E-state index in [4.69, 9.17) is 4.74 Å². The SMILES string of the molecule is C/C=C/Cn1cc(CCCc2ccc(OC)cc2)n(CCC)c1=O. The summed E-state index contributed by atoms with van der Waals surface area (Å²) in [6, 6.07) is 8.20. The molecule has 0 amide bonds. The van der Waals surface area contributed by atoms with Crippen LogP contribution >= 0.6 is 0 Å². The third kappa shape index (κ3) is 4.63. The topological polar surface area (TPSA) is 36.2 Å². The quantitative estimate of drug-likeness (QED) is 0.656. The van der Waals surface area contributed by atoms with Gasteiger partial charge in [0.2, 0.25) is 0 Å². The smallest absolute Gasteiger partial charge is 0.328 e. The van der Waals surface area contributed by atoms with Crippen molar-refractivity contribution in [3.63, 3.8) is 0 Å². The largest absolute Gasteiger partial charge is 0.497 e. The van der Waals surface area contributed by atoms with Crippen molar-refractivity contribution in [2.75, 3.05) is 7.11 Å². The lowest BCUT2D eigenvalue weighted by Crippen LogP contribution is -2.24. The molecule has 0 radical (unpaired) electrons. The molecule has 4 heteroatoms. The second-order valence-corrected chi connectivity index (χ2v) is 5.98. The van der Waals surface area contributed by atoms with Crippen LogP contribution in [0.3, 0.4) is 0 Å². The maximum Gasteiger partial charge on any atom is 0.328 e. The van der Waals surface area contributed by atoms with Gasteiger partial charge in [0.1, 0.15) is 5.75 Å². The summed E-state index contributed by atoms with van der Waals surface area (Å²) in [4.78, 5) is 12.5. The first kappa shape index (κ1) is 18.1. The number of hydrogen-bond acceptors (Lipinski definition) is 2. The van der Waals surface area contributed by atoms with E-state index in [0.29, 0.717) is 6.54 Å². The van der Waals surface area contributed by atoms with Gasteiger partial charge in [0.25, 0.3) is 0 Å². The summed E-state index contributed by atoms with van der Waals surface area (Å²) in [5.41, 5.74) is 2.54. The van der Waals surface area contributed by atoms with E-state index >= 15 is 0 Å². The Kier molecular flexibility index (Phi) is 6.91. The number of benzene rings is 1. The summed E-state index contributed by atoms with van der Waals surface area (Å²) in [6.07, 6.45) is 9.94. The highest BCUT2D eigenvalue weighted by molar-refractivity contribution is 5.27. The van der Waals surface area contributed by atoms with Crippen molar-refractivity contribution in [3.8, 4) is 5.75 Å². The van der Waals surface area contributed by atoms with E-state index in [1.807, 2.05) is 42.0 Å². The third-order valence-corrected chi connectivity index (χ3v) is 4.17. The Morgan fingerprint density at radius 3 is 2.54 bits per heavy atom. The fourth-order valence-corrected chi connectivity index (χ4v) is 2.86. The molecule has 1 aromatic heterocycles. The Morgan fingerprint density at radius 1 is 1.17 bits per heavy atom. The van der Waals surface area contributed by atoms with Crippen LogP contribution in [0.2, 0.25) is 0 Å². The van der Waals surface area contributed by atoms with Gasteiger partial charge in [0, 0.05) is 25.0 Å². The lowest BCUT2D eigenvalue weighted by Gasteiger charge is -2.06. The van der Waals surface area contributed by atoms with Gasteiger partial charge in [-0.2, -0.15) is 0 Å². The van der Waals surface area contributed by atoms with Gasteiger partial charge >= 0.3 is 5.69 Å². The maximum atomic E-state index is 12.5. The van der Waals surface area contributed by atoms with Gasteiger partial charge in [-0.05, 0) is 50.3 Å². The normalized spacial score (nSPS) is 11.3. The van der Waals surface area contributed by atoms with E-state index in [1.54, 1.807) is 11.7 Å². The average Bonchev–Trinajstić information content (AvgIpc) is 2.90. The van der Waals surface area contributed by atoms with E-state index in [2.05, 4.69) is 19.1 Å². The van der Waals surface area contributed by atoms with E-state index < -0.39 is 0 Å². The zero-order chi connectivity index (χ0) is 17.4. The second-order valence-electron chi connectivity index (χ2n) is 5.98. The van der Waals surface area contributed by atoms with Crippen molar-refractivity contribution in [1.29, 1.82) is 0 Å². The lowest BCUT2D eigenvalue weighted by atomic mass is 10.1. The Labute approximate surface area is 144 Å². The minimum Gasteiger partial charge on any atom is -0.497 e. The van der Waals surface area contributed by atoms with Crippen molar-refractivity contribution in [3.05, 3.63) is 64.4 Å². The van der Waals surface area contributed by atoms with Crippen molar-refractivity contribution in [1.82, 2.24) is 9.13 Å². The number of imidazole rings is 1. The van der Waals surface area contributed by atoms with E-state index in [0.717, 1.165) is 43.7 Å². The van der Waals surface area contributed by atoms with Gasteiger partial charge in [-0.25, -0.2) is 4.79 Å². The lowest BCUT2D eigenvalue weighted by molar-refractivity contribution is 0.414. The molecule has 0 unspecified atom stereocenters. The van der Waals surface area contributed by atoms with Crippen LogP contribution in [0, 0.1) is 0 Å². The summed E-state index contributed by atoms with van der Waals surface area (Å²) in [5.74, 6) is 0.886. The molecule has 1 heterocycles. The molecule has 0 bridgehead atoms. The summed E-state index contributed by atoms with van der Waals surface area (Å²) in [5, 5.41) is 0. The van der Waals surface area contributed by atoms with Crippen LogP contribution in [0.4, 0.5) is 0 Å². The summed E-state index contributed by atoms with van der Waals surface area (Å²) >= 11 is 0. The molecule has 2 aromatic rings. The Morgan fingerprint density at radius 2 is 1.92 bits per heavy atom. The summed E-state index contributed by atoms with van der Waals surface area (Å²) in [6.45, 7) is 5.53. The monoisotopic (exact) mass is 328 g/mol. The second kappa shape index (κ2) is 9.16. The Bertz CT molecular complexity index is 708. The zero-order valence-electron chi connectivity index (χ0n) is 15.0. The first-order chi connectivity index (χ1) is 11.7. The number of ether oxygens (including phenoxy) is 1. The Hall–Kier alpha value is -2.23. The van der Waals surface area contributed by atoms with Crippen molar-refractivity contribution in [2.24, 2.45) is 0 Å². The predicted molar refractivity (Wildman–Crippen MR) is 98.8 cm³/mol. The van der Waals surface area contributed by atoms with E-state index in [9.17, 15) is 4.79 Å². The highest BCUT2D eigenvalue weighted by Gasteiger charge is 2.09.